The molecule has 2 heterocycles. The second-order valence-electron chi connectivity index (χ2n) is 10.9. The number of aliphatic carboxylic acids is 4. The lowest BCUT2D eigenvalue weighted by molar-refractivity contribution is -0.165. The summed E-state index contributed by atoms with van der Waals surface area (Å²) in [6, 6.07) is 8.47. The molecular weight excluding hydrogens is 719 g/mol. The lowest BCUT2D eigenvalue weighted by Crippen LogP contribution is -2.39. The van der Waals surface area contributed by atoms with E-state index in [9.17, 15) is 42.3 Å². The van der Waals surface area contributed by atoms with E-state index in [0.717, 1.165) is 38.8 Å². The molecule has 16 nitrogen and oxygen atoms in total. The fraction of sp³-hybridized carbons (Fsp3) is 0.387. The van der Waals surface area contributed by atoms with Crippen molar-refractivity contribution in [1.29, 1.82) is 0 Å². The molecule has 1 fully saturated rings. The van der Waals surface area contributed by atoms with Crippen molar-refractivity contribution < 1.29 is 82.7 Å². The zero-order valence-corrected chi connectivity index (χ0v) is 26.9. The molecule has 0 spiro atoms. The van der Waals surface area contributed by atoms with Crippen LogP contribution in [0.5, 0.6) is 5.75 Å². The number of phenols is 1. The van der Waals surface area contributed by atoms with Gasteiger partial charge in [0, 0.05) is 17.1 Å². The molecule has 0 saturated carbocycles. The lowest BCUT2D eigenvalue weighted by atomic mass is 10.00. The van der Waals surface area contributed by atoms with Crippen molar-refractivity contribution in [1.82, 2.24) is 4.90 Å². The van der Waals surface area contributed by atoms with Gasteiger partial charge in [-0.25, -0.2) is 19.2 Å². The highest BCUT2D eigenvalue weighted by atomic mass is 35.5. The zero-order chi connectivity index (χ0) is 38.8. The predicted octanol–water partition coefficient (Wildman–Crippen LogP) is 1.97. The summed E-state index contributed by atoms with van der Waals surface area (Å²) in [6.07, 6.45) is -9.86. The van der Waals surface area contributed by atoms with E-state index in [1.54, 1.807) is 6.07 Å². The van der Waals surface area contributed by atoms with Gasteiger partial charge in [-0.2, -0.15) is 13.2 Å². The monoisotopic (exact) mass is 751 g/mol. The van der Waals surface area contributed by atoms with Crippen LogP contribution in [0.1, 0.15) is 37.0 Å². The van der Waals surface area contributed by atoms with Crippen molar-refractivity contribution >= 4 is 46.4 Å². The smallest absolute Gasteiger partial charge is 0.450 e. The van der Waals surface area contributed by atoms with Crippen LogP contribution in [-0.2, 0) is 31.9 Å². The van der Waals surface area contributed by atoms with E-state index in [1.165, 1.54) is 30.3 Å². The van der Waals surface area contributed by atoms with Gasteiger partial charge < -0.3 is 50.4 Å². The minimum Gasteiger partial charge on any atom is -0.507 e. The topological polar surface area (TPSA) is 284 Å². The summed E-state index contributed by atoms with van der Waals surface area (Å²) in [5, 5.41) is 75.5. The minimum atomic E-state index is -4.92. The number of fused-ring (bicyclic) bond motifs is 1. The third-order valence-corrected chi connectivity index (χ3v) is 7.56. The number of benzene rings is 2. The highest BCUT2D eigenvalue weighted by Crippen LogP contribution is 2.41. The third-order valence-electron chi connectivity index (χ3n) is 7.23. The van der Waals surface area contributed by atoms with Gasteiger partial charge in [0.25, 0.3) is 0 Å². The fourth-order valence-electron chi connectivity index (χ4n) is 4.62. The second-order valence-corrected chi connectivity index (χ2v) is 11.3. The summed E-state index contributed by atoms with van der Waals surface area (Å²) < 4.78 is 47.3. The highest BCUT2D eigenvalue weighted by Gasteiger charge is 2.40. The van der Waals surface area contributed by atoms with E-state index in [-0.39, 0.29) is 39.4 Å². The zero-order valence-electron chi connectivity index (χ0n) is 26.2. The van der Waals surface area contributed by atoms with Crippen molar-refractivity contribution in [3.8, 4) is 16.9 Å². The molecule has 20 heteroatoms. The molecule has 1 aliphatic rings. The maximum absolute atomic E-state index is 14.0. The molecule has 1 saturated heterocycles. The Balaban J connectivity index is 0.000000371. The molecule has 4 atom stereocenters. The van der Waals surface area contributed by atoms with Gasteiger partial charge in [-0.15, -0.1) is 0 Å². The van der Waals surface area contributed by atoms with Crippen molar-refractivity contribution in [3.63, 3.8) is 0 Å². The Morgan fingerprint density at radius 2 is 1.22 bits per heavy atom. The molecule has 0 amide bonds. The molecule has 1 aliphatic heterocycles. The molecule has 51 heavy (non-hydrogen) atoms. The van der Waals surface area contributed by atoms with E-state index in [2.05, 4.69) is 4.90 Å². The molecule has 2 unspecified atom stereocenters. The normalized spacial score (nSPS) is 15.8. The largest absolute Gasteiger partial charge is 0.507 e. The van der Waals surface area contributed by atoms with Crippen LogP contribution in [0, 0.1) is 0 Å². The molecule has 4 rings (SSSR count). The number of likely N-dealkylation sites (tertiary alicyclic amines) is 1. The van der Waals surface area contributed by atoms with E-state index < -0.39 is 71.2 Å². The average Bonchev–Trinajstić information content (AvgIpc) is 3.33. The number of aliphatic hydroxyl groups is 4. The van der Waals surface area contributed by atoms with Crippen LogP contribution in [0.25, 0.3) is 22.1 Å². The Labute approximate surface area is 289 Å². The highest BCUT2D eigenvalue weighted by molar-refractivity contribution is 6.33. The molecule has 2 aromatic carbocycles. The SMILES string of the molecule is O=C(O)C(O)C(O)C(=O)O.O=C(O)[C@H](O)[C@@H](O)C(=O)O.O=c1c(-c2ccccc2Cl)c(C(F)(F)F)oc2c(CN3CCCCCC3)c(O)ccc12. The standard InChI is InChI=1S/C23H21ClF3NO3.2C4H6O6/c24-17-8-4-3-7-14(17)19-20(30)15-9-10-18(29)16(13-28-11-5-1-2-6-12-28)21(15)31-22(19)23(25,26)27;2*5-1(3(7)8)2(6)4(9)10/h3-4,7-10,29H,1-2,5-6,11-13H2;2*1-2,5-6H,(H,7,8)(H,9,10)/t;1-,2-;/m.1./s1. The van der Waals surface area contributed by atoms with Crippen molar-refractivity contribution in [2.75, 3.05) is 13.1 Å². The van der Waals surface area contributed by atoms with Gasteiger partial charge in [-0.3, -0.25) is 9.69 Å². The van der Waals surface area contributed by atoms with Crippen LogP contribution in [0.4, 0.5) is 13.2 Å². The Kier molecular flexibility index (Phi) is 15.3. The Bertz CT molecular complexity index is 1700. The van der Waals surface area contributed by atoms with Crippen molar-refractivity contribution in [3.05, 3.63) is 63.0 Å². The van der Waals surface area contributed by atoms with Crippen LogP contribution >= 0.6 is 11.6 Å². The number of aromatic hydroxyl groups is 1. The predicted molar refractivity (Wildman–Crippen MR) is 168 cm³/mol. The molecular formula is C31H33ClF3NO15. The Hall–Kier alpha value is -4.79. The molecule has 0 radical (unpaired) electrons. The number of aliphatic hydroxyl groups excluding tert-OH is 4. The van der Waals surface area contributed by atoms with Crippen LogP contribution in [-0.4, -0.2) is 112 Å². The van der Waals surface area contributed by atoms with Crippen LogP contribution in [0.3, 0.4) is 0 Å². The van der Waals surface area contributed by atoms with E-state index in [0.29, 0.717) is 0 Å². The lowest BCUT2D eigenvalue weighted by Gasteiger charge is -2.21. The number of alkyl halides is 3. The summed E-state index contributed by atoms with van der Waals surface area (Å²) in [5.41, 5.74) is -1.56. The maximum Gasteiger partial charge on any atom is 0.450 e. The van der Waals surface area contributed by atoms with E-state index in [4.69, 9.17) is 56.9 Å². The third kappa shape index (κ3) is 11.4. The fourth-order valence-corrected chi connectivity index (χ4v) is 4.85. The number of halogens is 4. The number of carboxylic acids is 4. The minimum absolute atomic E-state index is 0.0169. The van der Waals surface area contributed by atoms with Gasteiger partial charge in [-0.05, 0) is 44.1 Å². The summed E-state index contributed by atoms with van der Waals surface area (Å²) in [6.45, 7) is 1.74. The first-order chi connectivity index (χ1) is 23.7. The number of hydrogen-bond donors (Lipinski definition) is 9. The first kappa shape index (κ1) is 42.4. The Morgan fingerprint density at radius 3 is 1.63 bits per heavy atom. The number of carbonyl (C=O) groups is 4. The van der Waals surface area contributed by atoms with E-state index in [1.807, 2.05) is 0 Å². The second kappa shape index (κ2) is 18.4. The summed E-state index contributed by atoms with van der Waals surface area (Å²) in [4.78, 5) is 54.4. The molecule has 0 aliphatic carbocycles. The number of nitrogens with zero attached hydrogens (tertiary/aromatic N) is 1. The quantitative estimate of drug-likeness (QED) is 0.151. The molecule has 3 aromatic rings. The van der Waals surface area contributed by atoms with Gasteiger partial charge in [0.15, 0.2) is 24.4 Å². The maximum atomic E-state index is 14.0. The number of rotatable bonds is 9. The van der Waals surface area contributed by atoms with Crippen LogP contribution in [0.2, 0.25) is 5.02 Å². The molecule has 9 N–H and O–H groups in total. The van der Waals surface area contributed by atoms with Gasteiger partial charge in [0.05, 0.1) is 16.5 Å². The van der Waals surface area contributed by atoms with Crippen LogP contribution in [0.15, 0.2) is 45.6 Å². The molecule has 280 valence electrons. The summed E-state index contributed by atoms with van der Waals surface area (Å²) in [7, 11) is 0. The number of carboxylic acid groups (broad SMARTS) is 4. The van der Waals surface area contributed by atoms with Crippen molar-refractivity contribution in [2.24, 2.45) is 0 Å². The van der Waals surface area contributed by atoms with Gasteiger partial charge >= 0.3 is 30.1 Å². The summed E-state index contributed by atoms with van der Waals surface area (Å²) in [5.74, 6) is -8.69. The first-order valence-corrected chi connectivity index (χ1v) is 15.1. The van der Waals surface area contributed by atoms with Gasteiger partial charge in [0.2, 0.25) is 11.2 Å². The van der Waals surface area contributed by atoms with Gasteiger partial charge in [-0.1, -0.05) is 42.6 Å². The average molecular weight is 752 g/mol. The van der Waals surface area contributed by atoms with Gasteiger partial charge in [0.1, 0.15) is 11.3 Å². The Morgan fingerprint density at radius 1 is 0.765 bits per heavy atom. The van der Waals surface area contributed by atoms with Crippen molar-refractivity contribution in [2.45, 2.75) is 62.8 Å². The first-order valence-electron chi connectivity index (χ1n) is 14.7. The van der Waals surface area contributed by atoms with E-state index >= 15 is 0 Å². The molecule has 1 aromatic heterocycles. The summed E-state index contributed by atoms with van der Waals surface area (Å²) >= 11 is 6.11. The molecule has 0 bridgehead atoms. The number of hydrogen-bond acceptors (Lipinski definition) is 12. The number of phenolic OH excluding ortho intramolecular Hbond substituents is 1. The van der Waals surface area contributed by atoms with Crippen LogP contribution < -0.4 is 5.43 Å².